The summed E-state index contributed by atoms with van der Waals surface area (Å²) < 4.78 is 0. The number of benzene rings is 3. The summed E-state index contributed by atoms with van der Waals surface area (Å²) >= 11 is 6.06. The van der Waals surface area contributed by atoms with Gasteiger partial charge in [-0.05, 0) is 58.9 Å². The topological polar surface area (TPSA) is 61.4 Å². The third kappa shape index (κ3) is 4.78. The Kier molecular flexibility index (Phi) is 5.84. The van der Waals surface area contributed by atoms with E-state index in [4.69, 9.17) is 11.6 Å². The number of carbonyl (C=O) groups is 1. The number of aliphatic hydroxyl groups is 1. The second-order valence-electron chi connectivity index (χ2n) is 7.35. The minimum Gasteiger partial charge on any atom is -0.393 e. The maximum Gasteiger partial charge on any atom is 0.319 e. The zero-order chi connectivity index (χ0) is 20.2. The highest BCUT2D eigenvalue weighted by molar-refractivity contribution is 6.30. The highest BCUT2D eigenvalue weighted by Gasteiger charge is 2.19. The molecule has 1 unspecified atom stereocenters. The molecule has 4 nitrogen and oxygen atoms in total. The summed E-state index contributed by atoms with van der Waals surface area (Å²) in [5, 5.41) is 16.5. The Morgan fingerprint density at radius 3 is 2.62 bits per heavy atom. The highest BCUT2D eigenvalue weighted by Crippen LogP contribution is 2.28. The van der Waals surface area contributed by atoms with Crippen molar-refractivity contribution in [2.45, 2.75) is 31.9 Å². The lowest BCUT2D eigenvalue weighted by Gasteiger charge is -2.23. The summed E-state index contributed by atoms with van der Waals surface area (Å²) in [6.45, 7) is 0.430. The summed E-state index contributed by atoms with van der Waals surface area (Å²) in [6, 6.07) is 21.4. The minimum atomic E-state index is -0.341. The summed E-state index contributed by atoms with van der Waals surface area (Å²) in [5.41, 5.74) is 6.16. The van der Waals surface area contributed by atoms with Crippen LogP contribution in [0.1, 0.15) is 23.1 Å². The molecule has 0 bridgehead atoms. The number of nitrogens with one attached hydrogen (secondary N) is 2. The normalized spacial score (nSPS) is 15.4. The van der Waals surface area contributed by atoms with Crippen molar-refractivity contribution in [2.75, 3.05) is 5.32 Å². The monoisotopic (exact) mass is 406 g/mol. The first-order valence-corrected chi connectivity index (χ1v) is 10.1. The quantitative estimate of drug-likeness (QED) is 0.559. The van der Waals surface area contributed by atoms with Gasteiger partial charge in [0.25, 0.3) is 0 Å². The molecule has 0 radical (unpaired) electrons. The maximum atomic E-state index is 12.4. The predicted molar refractivity (Wildman–Crippen MR) is 117 cm³/mol. The average molecular weight is 407 g/mol. The number of urea groups is 1. The number of hydrogen-bond acceptors (Lipinski definition) is 2. The standard InChI is InChI=1S/C24H23ClN2O2/c25-20-5-1-4-19(13-20)17-9-7-16(8-10-17)15-26-24(29)27-23-6-2-3-18-11-12-21(28)14-22(18)23/h1-10,13,21,28H,11-12,14-15H2,(H2,26,27,29). The Labute approximate surface area is 175 Å². The van der Waals surface area contributed by atoms with Crippen molar-refractivity contribution in [1.82, 2.24) is 5.32 Å². The van der Waals surface area contributed by atoms with Crippen molar-refractivity contribution in [1.29, 1.82) is 0 Å². The van der Waals surface area contributed by atoms with E-state index in [1.165, 1.54) is 5.56 Å². The number of anilines is 1. The van der Waals surface area contributed by atoms with Crippen molar-refractivity contribution >= 4 is 23.3 Å². The molecule has 3 aromatic carbocycles. The van der Waals surface area contributed by atoms with Gasteiger partial charge in [-0.15, -0.1) is 0 Å². The Hall–Kier alpha value is -2.82. The fourth-order valence-electron chi connectivity index (χ4n) is 3.72. The molecule has 1 aliphatic rings. The maximum absolute atomic E-state index is 12.4. The minimum absolute atomic E-state index is 0.252. The molecule has 0 saturated carbocycles. The van der Waals surface area contributed by atoms with E-state index >= 15 is 0 Å². The second kappa shape index (κ2) is 8.68. The van der Waals surface area contributed by atoms with Crippen LogP contribution < -0.4 is 10.6 Å². The lowest BCUT2D eigenvalue weighted by atomic mass is 9.88. The van der Waals surface area contributed by atoms with Crippen molar-refractivity contribution in [3.8, 4) is 11.1 Å². The van der Waals surface area contributed by atoms with E-state index in [2.05, 4.69) is 16.7 Å². The Bertz CT molecular complexity index is 1020. The average Bonchev–Trinajstić information content (AvgIpc) is 2.73. The number of aliphatic hydroxyl groups excluding tert-OH is 1. The van der Waals surface area contributed by atoms with E-state index in [9.17, 15) is 9.90 Å². The fourth-order valence-corrected chi connectivity index (χ4v) is 3.91. The van der Waals surface area contributed by atoms with Crippen molar-refractivity contribution < 1.29 is 9.90 Å². The van der Waals surface area contributed by atoms with Gasteiger partial charge in [0.1, 0.15) is 0 Å². The van der Waals surface area contributed by atoms with Gasteiger partial charge in [0, 0.05) is 23.7 Å². The van der Waals surface area contributed by atoms with Gasteiger partial charge in [-0.2, -0.15) is 0 Å². The Morgan fingerprint density at radius 2 is 1.83 bits per heavy atom. The lowest BCUT2D eigenvalue weighted by Crippen LogP contribution is -2.29. The molecule has 1 atom stereocenters. The number of halogens is 1. The first-order valence-electron chi connectivity index (χ1n) is 9.77. The third-order valence-electron chi connectivity index (χ3n) is 5.27. The zero-order valence-electron chi connectivity index (χ0n) is 16.0. The molecule has 5 heteroatoms. The van der Waals surface area contributed by atoms with Crippen LogP contribution in [0.25, 0.3) is 11.1 Å². The molecule has 3 N–H and O–H groups in total. The molecule has 0 saturated heterocycles. The van der Waals surface area contributed by atoms with Crippen LogP contribution >= 0.6 is 11.6 Å². The molecular weight excluding hydrogens is 384 g/mol. The molecular formula is C24H23ClN2O2. The molecule has 0 spiro atoms. The number of amides is 2. The summed E-state index contributed by atoms with van der Waals surface area (Å²) in [4.78, 5) is 12.4. The van der Waals surface area contributed by atoms with Crippen LogP contribution in [0.4, 0.5) is 10.5 Å². The van der Waals surface area contributed by atoms with Gasteiger partial charge in [-0.25, -0.2) is 4.79 Å². The zero-order valence-corrected chi connectivity index (χ0v) is 16.7. The SMILES string of the molecule is O=C(NCc1ccc(-c2cccc(Cl)c2)cc1)Nc1cccc2c1CC(O)CC2. The third-order valence-corrected chi connectivity index (χ3v) is 5.51. The molecule has 2 amide bonds. The molecule has 4 rings (SSSR count). The number of hydrogen-bond donors (Lipinski definition) is 3. The van der Waals surface area contributed by atoms with E-state index in [1.54, 1.807) is 0 Å². The Morgan fingerprint density at radius 1 is 1.03 bits per heavy atom. The molecule has 0 aliphatic heterocycles. The molecule has 0 fully saturated rings. The van der Waals surface area contributed by atoms with Gasteiger partial charge >= 0.3 is 6.03 Å². The largest absolute Gasteiger partial charge is 0.393 e. The summed E-state index contributed by atoms with van der Waals surface area (Å²) in [6.07, 6.45) is 1.85. The van der Waals surface area contributed by atoms with Crippen LogP contribution in [0.3, 0.4) is 0 Å². The molecule has 0 heterocycles. The van der Waals surface area contributed by atoms with Gasteiger partial charge in [0.05, 0.1) is 6.10 Å². The fraction of sp³-hybridized carbons (Fsp3) is 0.208. The molecule has 29 heavy (non-hydrogen) atoms. The smallest absolute Gasteiger partial charge is 0.319 e. The van der Waals surface area contributed by atoms with Crippen molar-refractivity contribution in [2.24, 2.45) is 0 Å². The lowest BCUT2D eigenvalue weighted by molar-refractivity contribution is 0.159. The van der Waals surface area contributed by atoms with Gasteiger partial charge < -0.3 is 15.7 Å². The van der Waals surface area contributed by atoms with Gasteiger partial charge in [-0.3, -0.25) is 0 Å². The van der Waals surface area contributed by atoms with E-state index < -0.39 is 0 Å². The van der Waals surface area contributed by atoms with Crippen LogP contribution in [-0.4, -0.2) is 17.2 Å². The number of aryl methyl sites for hydroxylation is 1. The molecule has 148 valence electrons. The Balaban J connectivity index is 1.37. The predicted octanol–water partition coefficient (Wildman–Crippen LogP) is 5.18. The van der Waals surface area contributed by atoms with Crippen LogP contribution in [0.15, 0.2) is 66.7 Å². The van der Waals surface area contributed by atoms with Crippen LogP contribution in [0, 0.1) is 0 Å². The first kappa shape index (κ1) is 19.5. The summed E-state index contributed by atoms with van der Waals surface area (Å²) in [7, 11) is 0. The van der Waals surface area contributed by atoms with Crippen LogP contribution in [0.2, 0.25) is 5.02 Å². The molecule has 1 aliphatic carbocycles. The number of rotatable bonds is 4. The van der Waals surface area contributed by atoms with E-state index in [-0.39, 0.29) is 12.1 Å². The first-order chi connectivity index (χ1) is 14.1. The number of carbonyl (C=O) groups excluding carboxylic acids is 1. The highest BCUT2D eigenvalue weighted by atomic mass is 35.5. The molecule has 0 aromatic heterocycles. The van der Waals surface area contributed by atoms with E-state index in [0.29, 0.717) is 18.0 Å². The van der Waals surface area contributed by atoms with Crippen LogP contribution in [-0.2, 0) is 19.4 Å². The molecule has 3 aromatic rings. The van der Waals surface area contributed by atoms with Gasteiger partial charge in [0.15, 0.2) is 0 Å². The number of fused-ring (bicyclic) bond motifs is 1. The second-order valence-corrected chi connectivity index (χ2v) is 7.79. The van der Waals surface area contributed by atoms with Crippen LogP contribution in [0.5, 0.6) is 0 Å². The van der Waals surface area contributed by atoms with Gasteiger partial charge in [-0.1, -0.05) is 60.1 Å². The van der Waals surface area contributed by atoms with E-state index in [0.717, 1.165) is 40.8 Å². The van der Waals surface area contributed by atoms with E-state index in [1.807, 2.05) is 60.7 Å². The van der Waals surface area contributed by atoms with Crippen molar-refractivity contribution in [3.05, 3.63) is 88.4 Å². The van der Waals surface area contributed by atoms with Crippen molar-refractivity contribution in [3.63, 3.8) is 0 Å². The summed E-state index contributed by atoms with van der Waals surface area (Å²) in [5.74, 6) is 0. The van der Waals surface area contributed by atoms with Gasteiger partial charge in [0.2, 0.25) is 0 Å².